The van der Waals surface area contributed by atoms with E-state index in [1.165, 1.54) is 17.7 Å². The number of nitrogens with zero attached hydrogens (tertiary/aromatic N) is 4. The molecular formula is C33H37FN4O5. The lowest BCUT2D eigenvalue weighted by molar-refractivity contribution is 0.0237. The van der Waals surface area contributed by atoms with Gasteiger partial charge in [-0.05, 0) is 75.1 Å². The summed E-state index contributed by atoms with van der Waals surface area (Å²) in [5, 5.41) is 5.14. The number of carbonyl (C=O) groups is 1. The highest BCUT2D eigenvalue weighted by Gasteiger charge is 2.25. The van der Waals surface area contributed by atoms with Gasteiger partial charge in [0.1, 0.15) is 28.4 Å². The number of fused-ring (bicyclic) bond motifs is 1. The number of hydrogen-bond donors (Lipinski definition) is 0. The molecule has 10 heteroatoms. The van der Waals surface area contributed by atoms with Gasteiger partial charge >= 0.3 is 6.09 Å². The van der Waals surface area contributed by atoms with Crippen molar-refractivity contribution in [2.24, 2.45) is 7.05 Å². The first-order valence-corrected chi connectivity index (χ1v) is 14.2. The SMILES string of the molecule is COc1ccc(Cn2ncc3c(-c4cc(F)c(C=C5CCN(C(=O)OC(C)(C)C)CC5)c(OC)c4)cn(C)c(=O)c32)cc1. The molecule has 4 aromatic rings. The van der Waals surface area contributed by atoms with Crippen LogP contribution in [0, 0.1) is 5.82 Å². The number of piperidine rings is 1. The third-order valence-corrected chi connectivity index (χ3v) is 7.50. The third kappa shape index (κ3) is 6.43. The van der Waals surface area contributed by atoms with Crippen LogP contribution in [0.1, 0.15) is 44.7 Å². The first-order chi connectivity index (χ1) is 20.5. The molecule has 2 aromatic heterocycles. The minimum Gasteiger partial charge on any atom is -0.497 e. The van der Waals surface area contributed by atoms with Crippen molar-refractivity contribution in [2.75, 3.05) is 27.3 Å². The van der Waals surface area contributed by atoms with Crippen molar-refractivity contribution in [3.63, 3.8) is 0 Å². The zero-order valence-corrected chi connectivity index (χ0v) is 25.4. The quantitative estimate of drug-likeness (QED) is 0.274. The second-order valence-electron chi connectivity index (χ2n) is 11.7. The Morgan fingerprint density at radius 3 is 2.40 bits per heavy atom. The molecule has 0 unspecified atom stereocenters. The average molecular weight is 589 g/mol. The fraction of sp³-hybridized carbons (Fsp3) is 0.364. The predicted molar refractivity (Wildman–Crippen MR) is 164 cm³/mol. The minimum atomic E-state index is -0.558. The molecule has 0 atom stereocenters. The molecule has 43 heavy (non-hydrogen) atoms. The number of likely N-dealkylation sites (tertiary alicyclic amines) is 1. The Kier molecular flexibility index (Phi) is 8.30. The number of amides is 1. The Morgan fingerprint density at radius 1 is 1.07 bits per heavy atom. The molecule has 0 radical (unpaired) electrons. The number of benzene rings is 2. The fourth-order valence-electron chi connectivity index (χ4n) is 5.26. The van der Waals surface area contributed by atoms with Crippen LogP contribution in [0.3, 0.4) is 0 Å². The number of halogens is 1. The zero-order chi connectivity index (χ0) is 30.9. The van der Waals surface area contributed by atoms with Gasteiger partial charge in [0.05, 0.1) is 32.5 Å². The number of rotatable bonds is 6. The van der Waals surface area contributed by atoms with Gasteiger partial charge in [-0.25, -0.2) is 9.18 Å². The standard InChI is InChI=1S/C33H37FN4O5/c1-33(2,3)43-32(40)37-13-11-21(12-14-37)15-25-28(34)16-23(17-29(25)42-6)27-20-36(4)31(39)30-26(27)18-35-38(30)19-22-7-9-24(41-5)10-8-22/h7-10,15-18,20H,11-14,19H2,1-6H3. The molecule has 1 saturated heterocycles. The third-order valence-electron chi connectivity index (χ3n) is 7.50. The van der Waals surface area contributed by atoms with Crippen LogP contribution in [0.4, 0.5) is 9.18 Å². The van der Waals surface area contributed by atoms with E-state index in [-0.39, 0.29) is 11.7 Å². The topological polar surface area (TPSA) is 87.8 Å². The molecule has 2 aromatic carbocycles. The number of ether oxygens (including phenoxy) is 3. The molecule has 5 rings (SSSR count). The summed E-state index contributed by atoms with van der Waals surface area (Å²) in [6.45, 7) is 6.91. The van der Waals surface area contributed by atoms with Crippen molar-refractivity contribution >= 4 is 23.1 Å². The Balaban J connectivity index is 1.45. The van der Waals surface area contributed by atoms with Crippen LogP contribution in [0.5, 0.6) is 11.5 Å². The van der Waals surface area contributed by atoms with Crippen molar-refractivity contribution in [3.05, 3.63) is 81.7 Å². The highest BCUT2D eigenvalue weighted by molar-refractivity contribution is 5.94. The van der Waals surface area contributed by atoms with Gasteiger partial charge in [0, 0.05) is 37.3 Å². The van der Waals surface area contributed by atoms with E-state index < -0.39 is 11.4 Å². The van der Waals surface area contributed by atoms with Crippen LogP contribution in [0.25, 0.3) is 28.1 Å². The first-order valence-electron chi connectivity index (χ1n) is 14.2. The molecule has 226 valence electrons. The van der Waals surface area contributed by atoms with Crippen LogP contribution in [0.15, 0.2) is 59.2 Å². The Hall–Kier alpha value is -4.60. The Morgan fingerprint density at radius 2 is 1.77 bits per heavy atom. The van der Waals surface area contributed by atoms with Gasteiger partial charge in [0.2, 0.25) is 0 Å². The highest BCUT2D eigenvalue weighted by Crippen LogP contribution is 2.35. The van der Waals surface area contributed by atoms with E-state index in [0.29, 0.717) is 65.8 Å². The van der Waals surface area contributed by atoms with Crippen molar-refractivity contribution in [1.82, 2.24) is 19.2 Å². The molecule has 1 fully saturated rings. The van der Waals surface area contributed by atoms with Crippen LogP contribution in [0.2, 0.25) is 0 Å². The smallest absolute Gasteiger partial charge is 0.410 e. The molecule has 0 bridgehead atoms. The van der Waals surface area contributed by atoms with Gasteiger partial charge < -0.3 is 23.7 Å². The summed E-state index contributed by atoms with van der Waals surface area (Å²) in [5.41, 5.74) is 3.24. The molecule has 0 spiro atoms. The second-order valence-corrected chi connectivity index (χ2v) is 11.7. The number of aryl methyl sites for hydroxylation is 1. The maximum Gasteiger partial charge on any atom is 0.410 e. The summed E-state index contributed by atoms with van der Waals surface area (Å²) in [6, 6.07) is 10.8. The second kappa shape index (κ2) is 11.9. The molecule has 3 heterocycles. The number of pyridine rings is 1. The van der Waals surface area contributed by atoms with E-state index in [1.807, 2.05) is 51.1 Å². The van der Waals surface area contributed by atoms with Crippen molar-refractivity contribution in [2.45, 2.75) is 45.8 Å². The maximum atomic E-state index is 15.8. The van der Waals surface area contributed by atoms with Crippen LogP contribution < -0.4 is 15.0 Å². The number of methoxy groups -OCH3 is 2. The molecule has 9 nitrogen and oxygen atoms in total. The Bertz CT molecular complexity index is 1740. The number of hydrogen-bond acceptors (Lipinski definition) is 6. The van der Waals surface area contributed by atoms with Crippen LogP contribution in [-0.4, -0.2) is 58.3 Å². The van der Waals surface area contributed by atoms with Gasteiger partial charge in [-0.1, -0.05) is 17.7 Å². The summed E-state index contributed by atoms with van der Waals surface area (Å²) >= 11 is 0. The van der Waals surface area contributed by atoms with Crippen molar-refractivity contribution < 1.29 is 23.4 Å². The van der Waals surface area contributed by atoms with Crippen LogP contribution in [-0.2, 0) is 18.3 Å². The van der Waals surface area contributed by atoms with Crippen molar-refractivity contribution in [3.8, 4) is 22.6 Å². The predicted octanol–water partition coefficient (Wildman–Crippen LogP) is 6.02. The Labute approximate surface area is 250 Å². The summed E-state index contributed by atoms with van der Waals surface area (Å²) in [4.78, 5) is 27.3. The summed E-state index contributed by atoms with van der Waals surface area (Å²) in [7, 11) is 4.79. The molecule has 1 aliphatic rings. The van der Waals surface area contributed by atoms with E-state index in [0.717, 1.165) is 16.9 Å². The lowest BCUT2D eigenvalue weighted by atomic mass is 9.97. The van der Waals surface area contributed by atoms with E-state index >= 15 is 4.39 Å². The van der Waals surface area contributed by atoms with Gasteiger partial charge in [-0.3, -0.25) is 9.48 Å². The van der Waals surface area contributed by atoms with E-state index in [4.69, 9.17) is 14.2 Å². The van der Waals surface area contributed by atoms with Gasteiger partial charge in [0.15, 0.2) is 0 Å². The highest BCUT2D eigenvalue weighted by atomic mass is 19.1. The molecule has 0 N–H and O–H groups in total. The number of aromatic nitrogens is 3. The van der Waals surface area contributed by atoms with Crippen LogP contribution >= 0.6 is 0 Å². The lowest BCUT2D eigenvalue weighted by Crippen LogP contribution is -2.40. The lowest BCUT2D eigenvalue weighted by Gasteiger charge is -2.31. The zero-order valence-electron chi connectivity index (χ0n) is 25.4. The average Bonchev–Trinajstić information content (AvgIpc) is 3.39. The van der Waals surface area contributed by atoms with Gasteiger partial charge in [-0.2, -0.15) is 5.10 Å². The van der Waals surface area contributed by atoms with E-state index in [2.05, 4.69) is 5.10 Å². The summed E-state index contributed by atoms with van der Waals surface area (Å²) in [5.74, 6) is 0.683. The van der Waals surface area contributed by atoms with E-state index in [1.54, 1.807) is 42.2 Å². The van der Waals surface area contributed by atoms with Gasteiger partial charge in [-0.15, -0.1) is 0 Å². The summed E-state index contributed by atoms with van der Waals surface area (Å²) < 4.78 is 35.3. The van der Waals surface area contributed by atoms with Gasteiger partial charge in [0.25, 0.3) is 5.56 Å². The molecule has 1 amide bonds. The summed E-state index contributed by atoms with van der Waals surface area (Å²) in [6.07, 6.45) is 6.04. The molecule has 1 aliphatic heterocycles. The monoisotopic (exact) mass is 588 g/mol. The number of carbonyl (C=O) groups excluding carboxylic acids is 1. The maximum absolute atomic E-state index is 15.8. The van der Waals surface area contributed by atoms with E-state index in [9.17, 15) is 9.59 Å². The molecule has 0 aliphatic carbocycles. The fourth-order valence-corrected chi connectivity index (χ4v) is 5.26. The normalized spacial score (nSPS) is 13.7. The molecule has 0 saturated carbocycles. The minimum absolute atomic E-state index is 0.198. The largest absolute Gasteiger partial charge is 0.497 e. The first kappa shape index (κ1) is 29.9. The van der Waals surface area contributed by atoms with Crippen molar-refractivity contribution in [1.29, 1.82) is 0 Å². The molecular weight excluding hydrogens is 551 g/mol.